The van der Waals surface area contributed by atoms with E-state index in [1.54, 1.807) is 0 Å². The fraction of sp³-hybridized carbons (Fsp3) is 0.875. The van der Waals surface area contributed by atoms with Gasteiger partial charge in [0.1, 0.15) is 6.04 Å². The van der Waals surface area contributed by atoms with Crippen LogP contribution in [0.2, 0.25) is 0 Å². The van der Waals surface area contributed by atoms with E-state index in [1.165, 1.54) is 19.3 Å². The Morgan fingerprint density at radius 1 is 1.00 bits per heavy atom. The number of nitrogens with zero attached hydrogens (tertiary/aromatic N) is 1. The molecule has 5 nitrogen and oxygen atoms in total. The Hall–Kier alpha value is -1.26. The molecule has 0 aromatic heterocycles. The van der Waals surface area contributed by atoms with Gasteiger partial charge in [0, 0.05) is 19.1 Å². The van der Waals surface area contributed by atoms with Crippen LogP contribution in [0, 0.1) is 5.92 Å². The number of hydrogen-bond donors (Lipinski definition) is 2. The third kappa shape index (κ3) is 4.61. The van der Waals surface area contributed by atoms with Crippen molar-refractivity contribution in [1.29, 1.82) is 0 Å². The molecule has 0 aromatic carbocycles. The second-order valence-electron chi connectivity index (χ2n) is 6.71. The summed E-state index contributed by atoms with van der Waals surface area (Å²) in [5.74, 6) is 0.177. The van der Waals surface area contributed by atoms with Crippen molar-refractivity contribution in [3.05, 3.63) is 0 Å². The molecule has 0 radical (unpaired) electrons. The van der Waals surface area contributed by atoms with E-state index < -0.39 is 6.04 Å². The van der Waals surface area contributed by atoms with Crippen molar-refractivity contribution in [3.63, 3.8) is 0 Å². The Morgan fingerprint density at radius 3 is 2.19 bits per heavy atom. The number of nitrogens with one attached hydrogen (secondary N) is 2. The molecule has 1 aliphatic heterocycles. The van der Waals surface area contributed by atoms with Crippen molar-refractivity contribution < 1.29 is 9.59 Å². The highest BCUT2D eigenvalue weighted by molar-refractivity contribution is 5.87. The first-order chi connectivity index (χ1) is 10.1. The number of likely N-dealkylation sites (tertiary alicyclic amines) is 1. The number of carbonyl (C=O) groups is 2. The van der Waals surface area contributed by atoms with Crippen LogP contribution in [-0.4, -0.2) is 42.0 Å². The molecular weight excluding hydrogens is 266 g/mol. The van der Waals surface area contributed by atoms with Gasteiger partial charge in [0.15, 0.2) is 0 Å². The topological polar surface area (TPSA) is 61.4 Å². The Kier molecular flexibility index (Phi) is 5.88. The van der Waals surface area contributed by atoms with Crippen LogP contribution in [-0.2, 0) is 4.79 Å². The molecule has 1 saturated heterocycles. The summed E-state index contributed by atoms with van der Waals surface area (Å²) in [5.41, 5.74) is 0. The molecule has 3 amide bonds. The fourth-order valence-corrected chi connectivity index (χ4v) is 3.26. The van der Waals surface area contributed by atoms with Gasteiger partial charge in [-0.2, -0.15) is 0 Å². The quantitative estimate of drug-likeness (QED) is 0.836. The maximum absolute atomic E-state index is 12.5. The van der Waals surface area contributed by atoms with Crippen LogP contribution in [0.1, 0.15) is 58.8 Å². The first kappa shape index (κ1) is 16.1. The Morgan fingerprint density at radius 2 is 1.62 bits per heavy atom. The smallest absolute Gasteiger partial charge is 0.315 e. The van der Waals surface area contributed by atoms with Crippen molar-refractivity contribution in [3.8, 4) is 0 Å². The van der Waals surface area contributed by atoms with Crippen LogP contribution in [0.4, 0.5) is 4.79 Å². The highest BCUT2D eigenvalue weighted by atomic mass is 16.2. The van der Waals surface area contributed by atoms with Crippen molar-refractivity contribution in [2.24, 2.45) is 5.92 Å². The molecule has 120 valence electrons. The van der Waals surface area contributed by atoms with E-state index in [2.05, 4.69) is 10.6 Å². The van der Waals surface area contributed by atoms with E-state index >= 15 is 0 Å². The average molecular weight is 295 g/mol. The molecule has 21 heavy (non-hydrogen) atoms. The van der Waals surface area contributed by atoms with Gasteiger partial charge < -0.3 is 15.5 Å². The van der Waals surface area contributed by atoms with Crippen LogP contribution in [0.25, 0.3) is 0 Å². The maximum Gasteiger partial charge on any atom is 0.315 e. The molecule has 2 fully saturated rings. The third-order valence-corrected chi connectivity index (χ3v) is 4.58. The lowest BCUT2D eigenvalue weighted by Crippen LogP contribution is -2.54. The molecule has 1 saturated carbocycles. The number of hydrogen-bond acceptors (Lipinski definition) is 2. The molecule has 2 N–H and O–H groups in total. The predicted octanol–water partition coefficient (Wildman–Crippen LogP) is 2.27. The van der Waals surface area contributed by atoms with Gasteiger partial charge in [-0.15, -0.1) is 0 Å². The van der Waals surface area contributed by atoms with Gasteiger partial charge in [0.05, 0.1) is 0 Å². The van der Waals surface area contributed by atoms with E-state index in [0.29, 0.717) is 0 Å². The highest BCUT2D eigenvalue weighted by Gasteiger charge is 2.30. The molecular formula is C16H29N3O2. The lowest BCUT2D eigenvalue weighted by atomic mass is 9.96. The molecule has 1 atom stereocenters. The Balaban J connectivity index is 1.86. The molecule has 2 aliphatic rings. The molecule has 5 heteroatoms. The molecule has 2 rings (SSSR count). The molecule has 1 aliphatic carbocycles. The standard InChI is InChI=1S/C16H29N3O2/c1-12(2)14(15(20)19-10-6-7-11-19)18-16(21)17-13-8-4-3-5-9-13/h12-14H,3-11H2,1-2H3,(H2,17,18,21)/t14-/m0/s1. The summed E-state index contributed by atoms with van der Waals surface area (Å²) in [4.78, 5) is 26.5. The lowest BCUT2D eigenvalue weighted by molar-refractivity contribution is -0.133. The van der Waals surface area contributed by atoms with Gasteiger partial charge in [-0.3, -0.25) is 4.79 Å². The monoisotopic (exact) mass is 295 g/mol. The van der Waals surface area contributed by atoms with Gasteiger partial charge in [-0.25, -0.2) is 4.79 Å². The predicted molar refractivity (Wildman–Crippen MR) is 83.0 cm³/mol. The summed E-state index contributed by atoms with van der Waals surface area (Å²) in [5, 5.41) is 5.93. The summed E-state index contributed by atoms with van der Waals surface area (Å²) in [6, 6.07) is -0.326. The summed E-state index contributed by atoms with van der Waals surface area (Å²) in [6.45, 7) is 5.63. The van der Waals surface area contributed by atoms with Crippen molar-refractivity contribution >= 4 is 11.9 Å². The second kappa shape index (κ2) is 7.66. The summed E-state index contributed by atoms with van der Waals surface area (Å²) < 4.78 is 0. The van der Waals surface area contributed by atoms with Crippen LogP contribution in [0.3, 0.4) is 0 Å². The van der Waals surface area contributed by atoms with Gasteiger partial charge in [-0.1, -0.05) is 33.1 Å². The number of carbonyl (C=O) groups excluding carboxylic acids is 2. The molecule has 0 bridgehead atoms. The summed E-state index contributed by atoms with van der Waals surface area (Å²) in [6.07, 6.45) is 7.90. The largest absolute Gasteiger partial charge is 0.341 e. The van der Waals surface area contributed by atoms with Gasteiger partial charge >= 0.3 is 6.03 Å². The van der Waals surface area contributed by atoms with Crippen LogP contribution < -0.4 is 10.6 Å². The van der Waals surface area contributed by atoms with E-state index in [1.807, 2.05) is 18.7 Å². The van der Waals surface area contributed by atoms with E-state index in [0.717, 1.165) is 38.8 Å². The zero-order valence-corrected chi connectivity index (χ0v) is 13.4. The Bertz CT molecular complexity index is 359. The minimum atomic E-state index is -0.410. The Labute approximate surface area is 127 Å². The van der Waals surface area contributed by atoms with Crippen LogP contribution in [0.5, 0.6) is 0 Å². The first-order valence-electron chi connectivity index (χ1n) is 8.43. The number of amides is 3. The van der Waals surface area contributed by atoms with Gasteiger partial charge in [-0.05, 0) is 31.6 Å². The summed E-state index contributed by atoms with van der Waals surface area (Å²) >= 11 is 0. The summed E-state index contributed by atoms with van der Waals surface area (Å²) in [7, 11) is 0. The van der Waals surface area contributed by atoms with Gasteiger partial charge in [0.25, 0.3) is 0 Å². The maximum atomic E-state index is 12.5. The van der Waals surface area contributed by atoms with Crippen LogP contribution in [0.15, 0.2) is 0 Å². The molecule has 0 unspecified atom stereocenters. The SMILES string of the molecule is CC(C)[C@H](NC(=O)NC1CCCCC1)C(=O)N1CCCC1. The van der Waals surface area contributed by atoms with E-state index in [-0.39, 0.29) is 23.9 Å². The van der Waals surface area contributed by atoms with E-state index in [4.69, 9.17) is 0 Å². The lowest BCUT2D eigenvalue weighted by Gasteiger charge is -2.28. The van der Waals surface area contributed by atoms with Crippen molar-refractivity contribution in [2.75, 3.05) is 13.1 Å². The molecule has 0 aromatic rings. The van der Waals surface area contributed by atoms with Crippen molar-refractivity contribution in [2.45, 2.75) is 70.9 Å². The van der Waals surface area contributed by atoms with Crippen molar-refractivity contribution in [1.82, 2.24) is 15.5 Å². The normalized spacial score (nSPS) is 21.4. The molecule has 0 spiro atoms. The number of rotatable bonds is 4. The third-order valence-electron chi connectivity index (χ3n) is 4.58. The van der Waals surface area contributed by atoms with Crippen LogP contribution >= 0.6 is 0 Å². The van der Waals surface area contributed by atoms with Gasteiger partial charge in [0.2, 0.25) is 5.91 Å². The highest BCUT2D eigenvalue weighted by Crippen LogP contribution is 2.17. The fourth-order valence-electron chi connectivity index (χ4n) is 3.26. The zero-order valence-electron chi connectivity index (χ0n) is 13.4. The minimum absolute atomic E-state index is 0.0706. The second-order valence-corrected chi connectivity index (χ2v) is 6.71. The number of urea groups is 1. The molecule has 1 heterocycles. The first-order valence-corrected chi connectivity index (χ1v) is 8.43. The average Bonchev–Trinajstić information content (AvgIpc) is 2.99. The minimum Gasteiger partial charge on any atom is -0.341 e. The zero-order chi connectivity index (χ0) is 15.2. The van der Waals surface area contributed by atoms with E-state index in [9.17, 15) is 9.59 Å².